The van der Waals surface area contributed by atoms with Gasteiger partial charge in [0, 0.05) is 29.2 Å². The Balaban J connectivity index is 2.02. The van der Waals surface area contributed by atoms with E-state index in [-0.39, 0.29) is 11.8 Å². The van der Waals surface area contributed by atoms with E-state index in [1.54, 1.807) is 48.5 Å². The van der Waals surface area contributed by atoms with Crippen LogP contribution in [0.5, 0.6) is 0 Å². The Bertz CT molecular complexity index is 644. The topological polar surface area (TPSA) is 58.2 Å². The predicted molar refractivity (Wildman–Crippen MR) is 88.5 cm³/mol. The van der Waals surface area contributed by atoms with Gasteiger partial charge in [0.15, 0.2) is 0 Å². The van der Waals surface area contributed by atoms with Crippen LogP contribution in [0.1, 0.15) is 27.1 Å². The van der Waals surface area contributed by atoms with Crippen molar-refractivity contribution in [1.82, 2.24) is 5.32 Å². The van der Waals surface area contributed by atoms with Crippen LogP contribution in [0.3, 0.4) is 0 Å². The second-order valence-electron chi connectivity index (χ2n) is 4.70. The SMILES string of the molecule is O=C(NCCCCl)c1cccc(NC(=O)c2ccccc2)c1. The van der Waals surface area contributed by atoms with Gasteiger partial charge in [0.2, 0.25) is 0 Å². The van der Waals surface area contributed by atoms with Gasteiger partial charge >= 0.3 is 0 Å². The van der Waals surface area contributed by atoms with Crippen LogP contribution in [0.4, 0.5) is 5.69 Å². The zero-order chi connectivity index (χ0) is 15.8. The van der Waals surface area contributed by atoms with E-state index in [2.05, 4.69) is 10.6 Å². The zero-order valence-electron chi connectivity index (χ0n) is 12.0. The number of benzene rings is 2. The van der Waals surface area contributed by atoms with Gasteiger partial charge in [-0.05, 0) is 36.8 Å². The second kappa shape index (κ2) is 8.20. The van der Waals surface area contributed by atoms with Crippen molar-refractivity contribution < 1.29 is 9.59 Å². The van der Waals surface area contributed by atoms with E-state index in [0.29, 0.717) is 29.2 Å². The Morgan fingerprint density at radius 2 is 1.64 bits per heavy atom. The molecule has 0 bridgehead atoms. The predicted octanol–water partition coefficient (Wildman–Crippen LogP) is 3.30. The smallest absolute Gasteiger partial charge is 0.255 e. The normalized spacial score (nSPS) is 10.0. The van der Waals surface area contributed by atoms with Crippen molar-refractivity contribution in [1.29, 1.82) is 0 Å². The number of rotatable bonds is 6. The largest absolute Gasteiger partial charge is 0.352 e. The molecule has 0 spiro atoms. The number of amides is 2. The molecule has 0 saturated heterocycles. The molecule has 2 N–H and O–H groups in total. The summed E-state index contributed by atoms with van der Waals surface area (Å²) in [5.41, 5.74) is 1.65. The molecule has 0 fully saturated rings. The maximum absolute atomic E-state index is 12.1. The fraction of sp³-hybridized carbons (Fsp3) is 0.176. The number of carbonyl (C=O) groups excluding carboxylic acids is 2. The van der Waals surface area contributed by atoms with Crippen LogP contribution in [-0.2, 0) is 0 Å². The number of carbonyl (C=O) groups is 2. The van der Waals surface area contributed by atoms with E-state index >= 15 is 0 Å². The van der Waals surface area contributed by atoms with Crippen LogP contribution in [-0.4, -0.2) is 24.2 Å². The van der Waals surface area contributed by atoms with E-state index in [4.69, 9.17) is 11.6 Å². The van der Waals surface area contributed by atoms with E-state index in [0.717, 1.165) is 6.42 Å². The lowest BCUT2D eigenvalue weighted by atomic mass is 10.1. The summed E-state index contributed by atoms with van der Waals surface area (Å²) in [6, 6.07) is 15.8. The molecule has 0 aliphatic rings. The quantitative estimate of drug-likeness (QED) is 0.634. The van der Waals surface area contributed by atoms with Gasteiger partial charge < -0.3 is 10.6 Å². The lowest BCUT2D eigenvalue weighted by Gasteiger charge is -2.08. The summed E-state index contributed by atoms with van der Waals surface area (Å²) in [4.78, 5) is 24.0. The number of hydrogen-bond donors (Lipinski definition) is 2. The third-order valence-corrected chi connectivity index (χ3v) is 3.28. The molecule has 0 unspecified atom stereocenters. The van der Waals surface area contributed by atoms with E-state index in [1.807, 2.05) is 6.07 Å². The van der Waals surface area contributed by atoms with Gasteiger partial charge in [0.25, 0.3) is 11.8 Å². The maximum atomic E-state index is 12.1. The molecule has 0 aliphatic heterocycles. The molecule has 2 amide bonds. The molecular weight excluding hydrogens is 300 g/mol. The monoisotopic (exact) mass is 316 g/mol. The van der Waals surface area contributed by atoms with Crippen molar-refractivity contribution >= 4 is 29.1 Å². The van der Waals surface area contributed by atoms with Crippen molar-refractivity contribution in [2.75, 3.05) is 17.7 Å². The van der Waals surface area contributed by atoms with Crippen molar-refractivity contribution in [2.24, 2.45) is 0 Å². The van der Waals surface area contributed by atoms with Crippen LogP contribution in [0, 0.1) is 0 Å². The average molecular weight is 317 g/mol. The first-order valence-electron chi connectivity index (χ1n) is 7.01. The van der Waals surface area contributed by atoms with Crippen LogP contribution >= 0.6 is 11.6 Å². The van der Waals surface area contributed by atoms with Crippen molar-refractivity contribution in [3.05, 3.63) is 65.7 Å². The fourth-order valence-corrected chi connectivity index (χ4v) is 2.04. The van der Waals surface area contributed by atoms with Crippen LogP contribution in [0.2, 0.25) is 0 Å². The van der Waals surface area contributed by atoms with Gasteiger partial charge in [-0.1, -0.05) is 24.3 Å². The van der Waals surface area contributed by atoms with Gasteiger partial charge in [-0.3, -0.25) is 9.59 Å². The highest BCUT2D eigenvalue weighted by Crippen LogP contribution is 2.12. The molecule has 0 radical (unpaired) electrons. The molecule has 5 heteroatoms. The van der Waals surface area contributed by atoms with Crippen molar-refractivity contribution in [2.45, 2.75) is 6.42 Å². The summed E-state index contributed by atoms with van der Waals surface area (Å²) in [7, 11) is 0. The molecule has 2 aromatic rings. The summed E-state index contributed by atoms with van der Waals surface area (Å²) >= 11 is 5.57. The number of nitrogens with one attached hydrogen (secondary N) is 2. The molecule has 2 aromatic carbocycles. The Hall–Kier alpha value is -2.33. The summed E-state index contributed by atoms with van der Waals surface area (Å²) < 4.78 is 0. The third-order valence-electron chi connectivity index (χ3n) is 3.01. The third kappa shape index (κ3) is 4.60. The standard InChI is InChI=1S/C17H17ClN2O2/c18-10-5-11-19-16(21)14-8-4-9-15(12-14)20-17(22)13-6-2-1-3-7-13/h1-4,6-9,12H,5,10-11H2,(H,19,21)(H,20,22). The number of hydrogen-bond acceptors (Lipinski definition) is 2. The first-order chi connectivity index (χ1) is 10.7. The lowest BCUT2D eigenvalue weighted by molar-refractivity contribution is 0.0952. The fourth-order valence-electron chi connectivity index (χ4n) is 1.90. The summed E-state index contributed by atoms with van der Waals surface area (Å²) in [6.45, 7) is 0.531. The van der Waals surface area contributed by atoms with Gasteiger partial charge in [0.1, 0.15) is 0 Å². The Morgan fingerprint density at radius 1 is 0.909 bits per heavy atom. The molecule has 0 aliphatic carbocycles. The zero-order valence-corrected chi connectivity index (χ0v) is 12.8. The summed E-state index contributed by atoms with van der Waals surface area (Å²) in [5.74, 6) is 0.120. The summed E-state index contributed by atoms with van der Waals surface area (Å²) in [5, 5.41) is 5.56. The molecule has 114 valence electrons. The Labute approximate surface area is 134 Å². The van der Waals surface area contributed by atoms with E-state index in [9.17, 15) is 9.59 Å². The molecule has 2 rings (SSSR count). The molecule has 0 atom stereocenters. The minimum absolute atomic E-state index is 0.180. The minimum Gasteiger partial charge on any atom is -0.352 e. The highest BCUT2D eigenvalue weighted by atomic mass is 35.5. The van der Waals surface area contributed by atoms with Crippen LogP contribution in [0.15, 0.2) is 54.6 Å². The van der Waals surface area contributed by atoms with Crippen LogP contribution in [0.25, 0.3) is 0 Å². The van der Waals surface area contributed by atoms with Crippen LogP contribution < -0.4 is 10.6 Å². The number of halogens is 1. The Kier molecular flexibility index (Phi) is 5.98. The van der Waals surface area contributed by atoms with E-state index < -0.39 is 0 Å². The molecule has 0 aromatic heterocycles. The first kappa shape index (κ1) is 16.0. The minimum atomic E-state index is -0.208. The lowest BCUT2D eigenvalue weighted by Crippen LogP contribution is -2.24. The average Bonchev–Trinajstić information content (AvgIpc) is 2.56. The molecular formula is C17H17ClN2O2. The molecule has 0 saturated carbocycles. The number of alkyl halides is 1. The second-order valence-corrected chi connectivity index (χ2v) is 5.08. The van der Waals surface area contributed by atoms with Gasteiger partial charge in [0.05, 0.1) is 0 Å². The Morgan fingerprint density at radius 3 is 2.36 bits per heavy atom. The highest BCUT2D eigenvalue weighted by molar-refractivity contribution is 6.17. The maximum Gasteiger partial charge on any atom is 0.255 e. The number of anilines is 1. The van der Waals surface area contributed by atoms with Crippen molar-refractivity contribution in [3.8, 4) is 0 Å². The summed E-state index contributed by atoms with van der Waals surface area (Å²) in [6.07, 6.45) is 0.720. The van der Waals surface area contributed by atoms with Gasteiger partial charge in [-0.2, -0.15) is 0 Å². The molecule has 22 heavy (non-hydrogen) atoms. The van der Waals surface area contributed by atoms with E-state index in [1.165, 1.54) is 0 Å². The van der Waals surface area contributed by atoms with Gasteiger partial charge in [-0.15, -0.1) is 11.6 Å². The molecule has 0 heterocycles. The van der Waals surface area contributed by atoms with Crippen molar-refractivity contribution in [3.63, 3.8) is 0 Å². The first-order valence-corrected chi connectivity index (χ1v) is 7.55. The highest BCUT2D eigenvalue weighted by Gasteiger charge is 2.08. The van der Waals surface area contributed by atoms with Gasteiger partial charge in [-0.25, -0.2) is 0 Å². The molecule has 4 nitrogen and oxygen atoms in total.